The lowest BCUT2D eigenvalue weighted by molar-refractivity contribution is -0.140. The number of amides is 2. The maximum absolute atomic E-state index is 13.9. The highest BCUT2D eigenvalue weighted by Crippen LogP contribution is 2.31. The van der Waals surface area contributed by atoms with Crippen LogP contribution in [0.25, 0.3) is 0 Å². The average molecular weight is 556 g/mol. The molecule has 1 atom stereocenters. The van der Waals surface area contributed by atoms with Crippen LogP contribution in [-0.2, 0) is 26.2 Å². The molecule has 0 radical (unpaired) electrons. The second-order valence-corrected chi connectivity index (χ2v) is 11.4. The fraction of sp³-hybridized carbons (Fsp3) is 0.310. The lowest BCUT2D eigenvalue weighted by atomic mass is 10.1. The fourth-order valence-electron chi connectivity index (χ4n) is 4.11. The van der Waals surface area contributed by atoms with Crippen LogP contribution in [0.4, 0.5) is 5.69 Å². The van der Waals surface area contributed by atoms with Crippen LogP contribution >= 0.6 is 11.6 Å². The van der Waals surface area contributed by atoms with Gasteiger partial charge in [-0.2, -0.15) is 0 Å². The molecule has 7 nitrogen and oxygen atoms in total. The zero-order valence-corrected chi connectivity index (χ0v) is 23.7. The van der Waals surface area contributed by atoms with Crippen molar-refractivity contribution in [1.29, 1.82) is 0 Å². The van der Waals surface area contributed by atoms with Gasteiger partial charge in [0.2, 0.25) is 11.8 Å². The third kappa shape index (κ3) is 6.94. The van der Waals surface area contributed by atoms with Crippen molar-refractivity contribution < 1.29 is 18.0 Å². The van der Waals surface area contributed by atoms with Crippen molar-refractivity contribution in [2.45, 2.75) is 51.6 Å². The number of benzene rings is 3. The fourth-order valence-corrected chi connectivity index (χ4v) is 5.83. The largest absolute Gasteiger partial charge is 0.355 e. The number of sulfonamides is 1. The van der Waals surface area contributed by atoms with Crippen LogP contribution < -0.4 is 9.62 Å². The van der Waals surface area contributed by atoms with Crippen LogP contribution in [-0.4, -0.2) is 44.3 Å². The van der Waals surface area contributed by atoms with Gasteiger partial charge in [0.1, 0.15) is 12.6 Å². The lowest BCUT2D eigenvalue weighted by Gasteiger charge is -2.33. The molecule has 3 rings (SSSR count). The summed E-state index contributed by atoms with van der Waals surface area (Å²) in [5.41, 5.74) is 2.99. The molecular formula is C29H34ClN3O4S. The number of nitrogens with one attached hydrogen (secondary N) is 1. The maximum Gasteiger partial charge on any atom is 0.264 e. The summed E-state index contributed by atoms with van der Waals surface area (Å²) in [4.78, 5) is 28.4. The molecule has 0 aliphatic rings. The molecule has 9 heteroatoms. The number of likely N-dealkylation sites (N-methyl/N-ethyl adjacent to an activating group) is 1. The van der Waals surface area contributed by atoms with Crippen LogP contribution in [0.3, 0.4) is 0 Å². The number of anilines is 1. The zero-order valence-electron chi connectivity index (χ0n) is 22.1. The van der Waals surface area contributed by atoms with E-state index in [9.17, 15) is 18.0 Å². The van der Waals surface area contributed by atoms with E-state index in [1.807, 2.05) is 52.0 Å². The second-order valence-electron chi connectivity index (χ2n) is 9.10. The Morgan fingerprint density at radius 3 is 2.03 bits per heavy atom. The molecule has 38 heavy (non-hydrogen) atoms. The molecule has 0 saturated heterocycles. The van der Waals surface area contributed by atoms with E-state index in [0.29, 0.717) is 13.0 Å². The van der Waals surface area contributed by atoms with E-state index in [0.717, 1.165) is 21.0 Å². The predicted octanol–water partition coefficient (Wildman–Crippen LogP) is 5.10. The van der Waals surface area contributed by atoms with Crippen molar-refractivity contribution >= 4 is 39.1 Å². The van der Waals surface area contributed by atoms with Crippen molar-refractivity contribution in [2.75, 3.05) is 17.4 Å². The highest BCUT2D eigenvalue weighted by atomic mass is 35.5. The van der Waals surface area contributed by atoms with E-state index >= 15 is 0 Å². The van der Waals surface area contributed by atoms with E-state index in [-0.39, 0.29) is 28.1 Å². The quantitative estimate of drug-likeness (QED) is 0.357. The summed E-state index contributed by atoms with van der Waals surface area (Å²) in [6.07, 6.45) is 0.361. The van der Waals surface area contributed by atoms with Gasteiger partial charge in [-0.05, 0) is 57.0 Å². The Morgan fingerprint density at radius 1 is 0.895 bits per heavy atom. The summed E-state index contributed by atoms with van der Waals surface area (Å²) >= 11 is 6.43. The van der Waals surface area contributed by atoms with Gasteiger partial charge in [-0.15, -0.1) is 0 Å². The van der Waals surface area contributed by atoms with Gasteiger partial charge in [0, 0.05) is 13.1 Å². The minimum atomic E-state index is -4.16. The first-order chi connectivity index (χ1) is 18.1. The van der Waals surface area contributed by atoms with Gasteiger partial charge >= 0.3 is 0 Å². The standard InChI is InChI=1S/C29H34ClN3O4S/c1-5-26(29(35)31-6-2)32(19-23-15-11-21(3)12-16-23)28(34)20-33(27-10-8-7-9-25(27)30)38(36,37)24-17-13-22(4)14-18-24/h7-18,26H,5-6,19-20H2,1-4H3,(H,31,35). The summed E-state index contributed by atoms with van der Waals surface area (Å²) in [6, 6.07) is 19.8. The molecule has 1 unspecified atom stereocenters. The Balaban J connectivity index is 2.06. The maximum atomic E-state index is 13.9. The summed E-state index contributed by atoms with van der Waals surface area (Å²) in [6.45, 7) is 7.50. The summed E-state index contributed by atoms with van der Waals surface area (Å²) in [5.74, 6) is -0.805. The summed E-state index contributed by atoms with van der Waals surface area (Å²) < 4.78 is 28.7. The van der Waals surface area contributed by atoms with Crippen LogP contribution in [0.1, 0.15) is 37.0 Å². The van der Waals surface area contributed by atoms with E-state index in [1.54, 1.807) is 36.4 Å². The first-order valence-corrected chi connectivity index (χ1v) is 14.4. The molecule has 0 aliphatic carbocycles. The Morgan fingerprint density at radius 2 is 1.47 bits per heavy atom. The first-order valence-electron chi connectivity index (χ1n) is 12.5. The number of para-hydroxylation sites is 1. The van der Waals surface area contributed by atoms with Crippen molar-refractivity contribution in [3.05, 3.63) is 94.5 Å². The summed E-state index contributed by atoms with van der Waals surface area (Å²) in [7, 11) is -4.16. The Bertz CT molecular complexity index is 1360. The highest BCUT2D eigenvalue weighted by Gasteiger charge is 2.34. The first kappa shape index (κ1) is 29.2. The SMILES string of the molecule is CCNC(=O)C(CC)N(Cc1ccc(C)cc1)C(=O)CN(c1ccccc1Cl)S(=O)(=O)c1ccc(C)cc1. The third-order valence-corrected chi connectivity index (χ3v) is 8.31. The number of carbonyl (C=O) groups excluding carboxylic acids is 2. The molecule has 0 heterocycles. The number of hydrogen-bond acceptors (Lipinski definition) is 4. The molecule has 0 aliphatic heterocycles. The van der Waals surface area contributed by atoms with Crippen LogP contribution in [0.2, 0.25) is 5.02 Å². The van der Waals surface area contributed by atoms with Crippen molar-refractivity contribution in [3.8, 4) is 0 Å². The highest BCUT2D eigenvalue weighted by molar-refractivity contribution is 7.92. The minimum absolute atomic E-state index is 0.0386. The third-order valence-electron chi connectivity index (χ3n) is 6.22. The zero-order chi connectivity index (χ0) is 27.9. The van der Waals surface area contributed by atoms with E-state index in [2.05, 4.69) is 5.32 Å². The Labute approximate surface area is 230 Å². The van der Waals surface area contributed by atoms with Crippen molar-refractivity contribution in [2.24, 2.45) is 0 Å². The normalized spacial score (nSPS) is 12.0. The monoisotopic (exact) mass is 555 g/mol. The van der Waals surface area contributed by atoms with Gasteiger partial charge in [0.15, 0.2) is 0 Å². The van der Waals surface area contributed by atoms with Gasteiger partial charge in [-0.3, -0.25) is 13.9 Å². The predicted molar refractivity (Wildman–Crippen MR) is 152 cm³/mol. The van der Waals surface area contributed by atoms with Gasteiger partial charge in [-0.1, -0.05) is 78.2 Å². The minimum Gasteiger partial charge on any atom is -0.355 e. The van der Waals surface area contributed by atoms with Crippen molar-refractivity contribution in [3.63, 3.8) is 0 Å². The smallest absolute Gasteiger partial charge is 0.264 e. The topological polar surface area (TPSA) is 86.8 Å². The van der Waals surface area contributed by atoms with E-state index in [4.69, 9.17) is 11.6 Å². The molecule has 0 bridgehead atoms. The number of carbonyl (C=O) groups is 2. The van der Waals surface area contributed by atoms with E-state index < -0.39 is 28.5 Å². The average Bonchev–Trinajstić information content (AvgIpc) is 2.89. The Hall–Kier alpha value is -3.36. The van der Waals surface area contributed by atoms with E-state index in [1.165, 1.54) is 17.0 Å². The Kier molecular flexibility index (Phi) is 9.94. The molecule has 202 valence electrons. The van der Waals surface area contributed by atoms with Crippen LogP contribution in [0.5, 0.6) is 0 Å². The van der Waals surface area contributed by atoms with Gasteiger partial charge in [-0.25, -0.2) is 8.42 Å². The molecule has 3 aromatic rings. The second kappa shape index (κ2) is 12.9. The number of halogens is 1. The molecule has 2 amide bonds. The number of rotatable bonds is 11. The molecule has 1 N–H and O–H groups in total. The lowest BCUT2D eigenvalue weighted by Crippen LogP contribution is -2.52. The number of aryl methyl sites for hydroxylation is 2. The van der Waals surface area contributed by atoms with Crippen LogP contribution in [0.15, 0.2) is 77.7 Å². The van der Waals surface area contributed by atoms with Crippen LogP contribution in [0, 0.1) is 13.8 Å². The molecule has 0 saturated carbocycles. The number of nitrogens with zero attached hydrogens (tertiary/aromatic N) is 2. The summed E-state index contributed by atoms with van der Waals surface area (Å²) in [5, 5.41) is 2.99. The molecule has 3 aromatic carbocycles. The van der Waals surface area contributed by atoms with Gasteiger partial charge in [0.25, 0.3) is 10.0 Å². The molecule has 0 spiro atoms. The number of hydrogen-bond donors (Lipinski definition) is 1. The molecular weight excluding hydrogens is 522 g/mol. The van der Waals surface area contributed by atoms with Crippen molar-refractivity contribution in [1.82, 2.24) is 10.2 Å². The molecule has 0 fully saturated rings. The van der Waals surface area contributed by atoms with Gasteiger partial charge in [0.05, 0.1) is 15.6 Å². The molecule has 0 aromatic heterocycles. The van der Waals surface area contributed by atoms with Gasteiger partial charge < -0.3 is 10.2 Å².